The maximum absolute atomic E-state index is 13.4. The van der Waals surface area contributed by atoms with Crippen molar-refractivity contribution in [1.82, 2.24) is 14.9 Å². The Balaban J connectivity index is 1.39. The number of carbonyl (C=O) groups is 1. The summed E-state index contributed by atoms with van der Waals surface area (Å²) in [6.07, 6.45) is 1.16. The zero-order valence-corrected chi connectivity index (χ0v) is 21.6. The van der Waals surface area contributed by atoms with Gasteiger partial charge in [-0.2, -0.15) is 4.98 Å². The van der Waals surface area contributed by atoms with Gasteiger partial charge >= 0.3 is 0 Å². The van der Waals surface area contributed by atoms with Crippen molar-refractivity contribution in [3.63, 3.8) is 0 Å². The number of nitrogens with one attached hydrogen (secondary N) is 1. The fourth-order valence-corrected chi connectivity index (χ4v) is 5.24. The number of aliphatic imine (C=N–C) groups is 1. The summed E-state index contributed by atoms with van der Waals surface area (Å²) >= 11 is 0. The van der Waals surface area contributed by atoms with Crippen LogP contribution in [0, 0.1) is 0 Å². The summed E-state index contributed by atoms with van der Waals surface area (Å²) in [7, 11) is -1.27. The van der Waals surface area contributed by atoms with Gasteiger partial charge < -0.3 is 14.2 Å². The van der Waals surface area contributed by atoms with Gasteiger partial charge in [-0.1, -0.05) is 18.2 Å². The molecule has 13 heteroatoms. The molecule has 0 saturated carbocycles. The SMILES string of the molecule is COc1ncnc(NS(=O)(=O)c2ccc(N=C3C(=O)N(CN4CCOCC4)c4ccccc43)cc2)c1OC. The molecule has 1 amide bonds. The highest BCUT2D eigenvalue weighted by molar-refractivity contribution is 7.92. The van der Waals surface area contributed by atoms with Crippen molar-refractivity contribution in [1.29, 1.82) is 0 Å². The number of morpholine rings is 1. The smallest absolute Gasteiger partial charge is 0.278 e. The third-order valence-corrected chi connectivity index (χ3v) is 7.49. The van der Waals surface area contributed by atoms with Gasteiger partial charge in [0.25, 0.3) is 21.8 Å². The van der Waals surface area contributed by atoms with Crippen molar-refractivity contribution in [2.45, 2.75) is 4.90 Å². The number of amides is 1. The van der Waals surface area contributed by atoms with Crippen LogP contribution < -0.4 is 19.1 Å². The lowest BCUT2D eigenvalue weighted by Crippen LogP contribution is -2.45. The van der Waals surface area contributed by atoms with Crippen molar-refractivity contribution in [2.24, 2.45) is 4.99 Å². The van der Waals surface area contributed by atoms with Crippen molar-refractivity contribution >= 4 is 38.8 Å². The number of ether oxygens (including phenoxy) is 3. The maximum atomic E-state index is 13.4. The average Bonchev–Trinajstić information content (AvgIpc) is 3.19. The van der Waals surface area contributed by atoms with E-state index < -0.39 is 10.0 Å². The first kappa shape index (κ1) is 25.6. The zero-order chi connectivity index (χ0) is 26.7. The summed E-state index contributed by atoms with van der Waals surface area (Å²) in [4.78, 5) is 29.7. The normalized spacial score (nSPS) is 16.9. The number of sulfonamides is 1. The number of benzene rings is 2. The molecule has 3 aromatic rings. The molecule has 2 aliphatic heterocycles. The quantitative estimate of drug-likeness (QED) is 0.457. The number of aromatic nitrogens is 2. The van der Waals surface area contributed by atoms with Gasteiger partial charge in [0, 0.05) is 18.7 Å². The number of hydrogen-bond acceptors (Lipinski definition) is 10. The number of fused-ring (bicyclic) bond motifs is 1. The molecule has 12 nitrogen and oxygen atoms in total. The molecule has 0 radical (unpaired) electrons. The highest BCUT2D eigenvalue weighted by atomic mass is 32.2. The van der Waals surface area contributed by atoms with Crippen LogP contribution >= 0.6 is 0 Å². The summed E-state index contributed by atoms with van der Waals surface area (Å²) in [5.41, 5.74) is 2.27. The largest absolute Gasteiger partial charge is 0.489 e. The van der Waals surface area contributed by atoms with E-state index in [4.69, 9.17) is 14.2 Å². The van der Waals surface area contributed by atoms with Gasteiger partial charge in [-0.15, -0.1) is 0 Å². The fraction of sp³-hybridized carbons (Fsp3) is 0.280. The molecule has 0 unspecified atom stereocenters. The molecule has 2 aliphatic rings. The molecule has 198 valence electrons. The minimum absolute atomic E-state index is 0.0202. The molecular weight excluding hydrogens is 512 g/mol. The molecule has 2 aromatic carbocycles. The molecule has 0 atom stereocenters. The van der Waals surface area contributed by atoms with Gasteiger partial charge in [0.1, 0.15) is 12.0 Å². The Morgan fingerprint density at radius 3 is 2.47 bits per heavy atom. The monoisotopic (exact) mass is 538 g/mol. The minimum Gasteiger partial charge on any atom is -0.489 e. The third kappa shape index (κ3) is 5.03. The Morgan fingerprint density at radius 1 is 1.03 bits per heavy atom. The zero-order valence-electron chi connectivity index (χ0n) is 20.8. The first-order chi connectivity index (χ1) is 18.4. The molecule has 1 fully saturated rings. The van der Waals surface area contributed by atoms with Crippen molar-refractivity contribution in [3.05, 3.63) is 60.4 Å². The fourth-order valence-electron chi connectivity index (χ4n) is 4.23. The first-order valence-corrected chi connectivity index (χ1v) is 13.3. The molecule has 0 bridgehead atoms. The molecule has 0 aliphatic carbocycles. The van der Waals surface area contributed by atoms with Gasteiger partial charge in [0.15, 0.2) is 5.82 Å². The van der Waals surface area contributed by atoms with E-state index in [9.17, 15) is 13.2 Å². The number of carbonyl (C=O) groups excluding carboxylic acids is 1. The molecule has 1 aromatic heterocycles. The second kappa shape index (κ2) is 10.7. The average molecular weight is 539 g/mol. The van der Waals surface area contributed by atoms with E-state index in [1.54, 1.807) is 17.0 Å². The maximum Gasteiger partial charge on any atom is 0.278 e. The standard InChI is InChI=1S/C25H26N6O6S/c1-35-22-23(26-15-27-24(22)36-2)29-38(33,34)18-9-7-17(8-10-18)28-21-19-5-3-4-6-20(19)31(25(21)32)16-30-11-13-37-14-12-30/h3-10,15H,11-14,16H2,1-2H3,(H,26,27,29). The molecule has 1 N–H and O–H groups in total. The van der Waals surface area contributed by atoms with E-state index in [2.05, 4.69) is 24.6 Å². The Kier molecular flexibility index (Phi) is 7.22. The Labute approximate surface area is 219 Å². The molecule has 3 heterocycles. The van der Waals surface area contributed by atoms with Gasteiger partial charge in [0.05, 0.1) is 50.4 Å². The van der Waals surface area contributed by atoms with E-state index in [-0.39, 0.29) is 28.3 Å². The number of nitrogens with zero attached hydrogens (tertiary/aromatic N) is 5. The Bertz CT molecular complexity index is 1470. The van der Waals surface area contributed by atoms with Crippen LogP contribution in [0.1, 0.15) is 5.56 Å². The predicted molar refractivity (Wildman–Crippen MR) is 140 cm³/mol. The third-order valence-electron chi connectivity index (χ3n) is 6.13. The number of hydrogen-bond donors (Lipinski definition) is 1. The van der Waals surface area contributed by atoms with Gasteiger partial charge in [-0.05, 0) is 30.3 Å². The van der Waals surface area contributed by atoms with E-state index in [1.807, 2.05) is 24.3 Å². The highest BCUT2D eigenvalue weighted by Gasteiger charge is 2.35. The lowest BCUT2D eigenvalue weighted by Gasteiger charge is -2.30. The summed E-state index contributed by atoms with van der Waals surface area (Å²) < 4.78 is 44.1. The Morgan fingerprint density at radius 2 is 1.76 bits per heavy atom. The number of methoxy groups -OCH3 is 2. The van der Waals surface area contributed by atoms with Crippen LogP contribution in [0.4, 0.5) is 17.2 Å². The summed E-state index contributed by atoms with van der Waals surface area (Å²) in [5.74, 6) is -0.116. The van der Waals surface area contributed by atoms with Crippen molar-refractivity contribution < 1.29 is 27.4 Å². The van der Waals surface area contributed by atoms with Crippen LogP contribution in [0.2, 0.25) is 0 Å². The molecule has 38 heavy (non-hydrogen) atoms. The minimum atomic E-state index is -4.01. The van der Waals surface area contributed by atoms with Crippen LogP contribution in [0.25, 0.3) is 0 Å². The number of anilines is 2. The van der Waals surface area contributed by atoms with E-state index in [0.29, 0.717) is 31.3 Å². The van der Waals surface area contributed by atoms with Crippen LogP contribution in [0.15, 0.2) is 64.7 Å². The molecule has 5 rings (SSSR count). The second-order valence-electron chi connectivity index (χ2n) is 8.45. The second-order valence-corrected chi connectivity index (χ2v) is 10.1. The number of para-hydroxylation sites is 1. The van der Waals surface area contributed by atoms with E-state index >= 15 is 0 Å². The lowest BCUT2D eigenvalue weighted by atomic mass is 10.1. The summed E-state index contributed by atoms with van der Waals surface area (Å²) in [6, 6.07) is 13.4. The van der Waals surface area contributed by atoms with Crippen LogP contribution in [-0.2, 0) is 19.6 Å². The van der Waals surface area contributed by atoms with Gasteiger partial charge in [-0.3, -0.25) is 19.3 Å². The van der Waals surface area contributed by atoms with Gasteiger partial charge in [-0.25, -0.2) is 18.4 Å². The number of rotatable bonds is 8. The van der Waals surface area contributed by atoms with Crippen LogP contribution in [0.3, 0.4) is 0 Å². The molecular formula is C25H26N6O6S. The predicted octanol–water partition coefficient (Wildman–Crippen LogP) is 2.05. The first-order valence-electron chi connectivity index (χ1n) is 11.8. The van der Waals surface area contributed by atoms with E-state index in [0.717, 1.165) is 30.7 Å². The topological polar surface area (TPSA) is 136 Å². The Hall–Kier alpha value is -4.07. The van der Waals surface area contributed by atoms with E-state index in [1.165, 1.54) is 26.4 Å². The highest BCUT2D eigenvalue weighted by Crippen LogP contribution is 2.33. The summed E-state index contributed by atoms with van der Waals surface area (Å²) in [6.45, 7) is 3.20. The van der Waals surface area contributed by atoms with Gasteiger partial charge in [0.2, 0.25) is 5.75 Å². The van der Waals surface area contributed by atoms with Crippen LogP contribution in [-0.4, -0.2) is 82.1 Å². The van der Waals surface area contributed by atoms with Crippen molar-refractivity contribution in [2.75, 3.05) is 56.8 Å². The molecule has 1 saturated heterocycles. The lowest BCUT2D eigenvalue weighted by molar-refractivity contribution is -0.112. The summed E-state index contributed by atoms with van der Waals surface area (Å²) in [5, 5.41) is 0. The molecule has 0 spiro atoms. The van der Waals surface area contributed by atoms with Crippen molar-refractivity contribution in [3.8, 4) is 11.6 Å². The van der Waals surface area contributed by atoms with Crippen LogP contribution in [0.5, 0.6) is 11.6 Å².